The molecule has 1 fully saturated rings. The van der Waals surface area contributed by atoms with Crippen LogP contribution in [-0.2, 0) is 16.1 Å². The quantitative estimate of drug-likeness (QED) is 0.266. The molecule has 3 aromatic carbocycles. The molecular weight excluding hydrogens is 611 g/mol. The number of nitrogens with one attached hydrogen (secondary N) is 1. The number of amides is 3. The van der Waals surface area contributed by atoms with Gasteiger partial charge in [0.2, 0.25) is 0 Å². The average Bonchev–Trinajstić information content (AvgIpc) is 3.15. The molecule has 0 bridgehead atoms. The number of benzene rings is 3. The standard InChI is InChI=1S/C28H23BrClFN2O5S/c1-15-8-20(29)22(9-16(15)2)32-26(34)14-38-23-7-4-17(10-24(23)37-3)11-25-27(35)33(28(36)39-25)13-18-5-6-19(31)12-21(18)30/h4-12H,13-14H2,1-3H3,(H,32,34)/b25-11+. The Morgan fingerprint density at radius 3 is 2.56 bits per heavy atom. The molecule has 11 heteroatoms. The molecule has 39 heavy (non-hydrogen) atoms. The number of hydrogen-bond acceptors (Lipinski definition) is 6. The van der Waals surface area contributed by atoms with E-state index in [1.54, 1.807) is 24.3 Å². The molecule has 1 heterocycles. The number of ether oxygens (including phenoxy) is 2. The van der Waals surface area contributed by atoms with Crippen LogP contribution in [0.4, 0.5) is 14.9 Å². The first-order valence-corrected chi connectivity index (χ1v) is 13.6. The Hall–Kier alpha value is -3.34. The molecular formula is C28H23BrClFN2O5S. The van der Waals surface area contributed by atoms with Gasteiger partial charge in [0, 0.05) is 9.50 Å². The van der Waals surface area contributed by atoms with E-state index < -0.39 is 17.0 Å². The van der Waals surface area contributed by atoms with E-state index in [1.807, 2.05) is 26.0 Å². The maximum Gasteiger partial charge on any atom is 0.293 e. The maximum atomic E-state index is 13.3. The summed E-state index contributed by atoms with van der Waals surface area (Å²) in [7, 11) is 1.46. The molecule has 4 rings (SSSR count). The van der Waals surface area contributed by atoms with Crippen LogP contribution >= 0.6 is 39.3 Å². The van der Waals surface area contributed by atoms with Gasteiger partial charge in [-0.05, 0) is 106 Å². The summed E-state index contributed by atoms with van der Waals surface area (Å²) >= 11 is 10.3. The van der Waals surface area contributed by atoms with E-state index in [9.17, 15) is 18.8 Å². The average molecular weight is 634 g/mol. The van der Waals surface area contributed by atoms with Crippen molar-refractivity contribution >= 4 is 68.1 Å². The lowest BCUT2D eigenvalue weighted by atomic mass is 10.1. The lowest BCUT2D eigenvalue weighted by molar-refractivity contribution is -0.123. The van der Waals surface area contributed by atoms with Crippen molar-refractivity contribution in [3.63, 3.8) is 0 Å². The summed E-state index contributed by atoms with van der Waals surface area (Å²) in [5.41, 5.74) is 3.84. The third-order valence-electron chi connectivity index (χ3n) is 5.92. The minimum absolute atomic E-state index is 0.0714. The SMILES string of the molecule is COc1cc(/C=C2/SC(=O)N(Cc3ccc(F)cc3Cl)C2=O)ccc1OCC(=O)Nc1cc(C)c(C)cc1Br. The molecule has 0 unspecified atom stereocenters. The Morgan fingerprint density at radius 1 is 1.10 bits per heavy atom. The number of methoxy groups -OCH3 is 1. The number of aryl methyl sites for hydroxylation is 2. The van der Waals surface area contributed by atoms with Crippen LogP contribution in [0.15, 0.2) is 57.9 Å². The smallest absolute Gasteiger partial charge is 0.293 e. The second-order valence-corrected chi connectivity index (χ2v) is 10.9. The minimum atomic E-state index is -0.505. The van der Waals surface area contributed by atoms with Gasteiger partial charge in [-0.25, -0.2) is 4.39 Å². The highest BCUT2D eigenvalue weighted by Crippen LogP contribution is 2.36. The highest BCUT2D eigenvalue weighted by molar-refractivity contribution is 9.10. The van der Waals surface area contributed by atoms with E-state index in [1.165, 1.54) is 19.2 Å². The molecule has 0 atom stereocenters. The number of anilines is 1. The fourth-order valence-corrected chi connectivity index (χ4v) is 5.33. The van der Waals surface area contributed by atoms with E-state index in [2.05, 4.69) is 21.2 Å². The van der Waals surface area contributed by atoms with Crippen LogP contribution in [0.5, 0.6) is 11.5 Å². The van der Waals surface area contributed by atoms with Gasteiger partial charge in [0.15, 0.2) is 18.1 Å². The topological polar surface area (TPSA) is 84.9 Å². The predicted octanol–water partition coefficient (Wildman–Crippen LogP) is 7.12. The molecule has 7 nitrogen and oxygen atoms in total. The van der Waals surface area contributed by atoms with E-state index in [4.69, 9.17) is 21.1 Å². The molecule has 0 radical (unpaired) electrons. The summed E-state index contributed by atoms with van der Waals surface area (Å²) in [6.07, 6.45) is 1.56. The van der Waals surface area contributed by atoms with Crippen LogP contribution in [0, 0.1) is 19.7 Å². The van der Waals surface area contributed by atoms with Gasteiger partial charge in [-0.3, -0.25) is 19.3 Å². The Bertz CT molecular complexity index is 1510. The molecule has 0 aromatic heterocycles. The largest absolute Gasteiger partial charge is 0.493 e. The number of hydrogen-bond donors (Lipinski definition) is 1. The second-order valence-electron chi connectivity index (χ2n) is 8.67. The minimum Gasteiger partial charge on any atom is -0.493 e. The molecule has 3 aromatic rings. The highest BCUT2D eigenvalue weighted by Gasteiger charge is 2.35. The molecule has 1 N–H and O–H groups in total. The molecule has 202 valence electrons. The van der Waals surface area contributed by atoms with Gasteiger partial charge in [0.25, 0.3) is 17.1 Å². The molecule has 1 aliphatic heterocycles. The fraction of sp³-hybridized carbons (Fsp3) is 0.179. The normalized spacial score (nSPS) is 14.2. The van der Waals surface area contributed by atoms with E-state index >= 15 is 0 Å². The lowest BCUT2D eigenvalue weighted by Gasteiger charge is -2.14. The first-order valence-electron chi connectivity index (χ1n) is 11.6. The predicted molar refractivity (Wildman–Crippen MR) is 154 cm³/mol. The number of thioether (sulfide) groups is 1. The van der Waals surface area contributed by atoms with Gasteiger partial charge < -0.3 is 14.8 Å². The van der Waals surface area contributed by atoms with Gasteiger partial charge in [0.1, 0.15) is 5.82 Å². The molecule has 0 aliphatic carbocycles. The van der Waals surface area contributed by atoms with Gasteiger partial charge in [-0.15, -0.1) is 0 Å². The number of nitrogens with zero attached hydrogens (tertiary/aromatic N) is 1. The van der Waals surface area contributed by atoms with Crippen molar-refractivity contribution in [2.45, 2.75) is 20.4 Å². The zero-order chi connectivity index (χ0) is 28.3. The number of carbonyl (C=O) groups is 3. The Kier molecular flexibility index (Phi) is 8.99. The number of carbonyl (C=O) groups excluding carboxylic acids is 3. The van der Waals surface area contributed by atoms with E-state index in [-0.39, 0.29) is 29.0 Å². The van der Waals surface area contributed by atoms with Crippen molar-refractivity contribution in [2.75, 3.05) is 19.0 Å². The van der Waals surface area contributed by atoms with Crippen LogP contribution in [0.3, 0.4) is 0 Å². The summed E-state index contributed by atoms with van der Waals surface area (Å²) in [5, 5.41) is 2.49. The number of halogens is 3. The van der Waals surface area contributed by atoms with Crippen molar-refractivity contribution in [2.24, 2.45) is 0 Å². The van der Waals surface area contributed by atoms with Crippen molar-refractivity contribution in [1.82, 2.24) is 4.90 Å². The van der Waals surface area contributed by atoms with E-state index in [0.29, 0.717) is 28.3 Å². The zero-order valence-electron chi connectivity index (χ0n) is 21.1. The van der Waals surface area contributed by atoms with Gasteiger partial charge >= 0.3 is 0 Å². The molecule has 0 spiro atoms. The summed E-state index contributed by atoms with van der Waals surface area (Å²) < 4.78 is 25.2. The second kappa shape index (κ2) is 12.2. The Labute approximate surface area is 242 Å². The first-order chi connectivity index (χ1) is 18.5. The summed E-state index contributed by atoms with van der Waals surface area (Å²) in [6, 6.07) is 12.5. The number of imide groups is 1. The van der Waals surface area contributed by atoms with Gasteiger partial charge in [-0.1, -0.05) is 23.7 Å². The van der Waals surface area contributed by atoms with Crippen molar-refractivity contribution in [1.29, 1.82) is 0 Å². The maximum absolute atomic E-state index is 13.3. The Morgan fingerprint density at radius 2 is 1.85 bits per heavy atom. The molecule has 1 aliphatic rings. The van der Waals surface area contributed by atoms with Gasteiger partial charge in [-0.2, -0.15) is 0 Å². The van der Waals surface area contributed by atoms with Crippen LogP contribution in [0.2, 0.25) is 5.02 Å². The van der Waals surface area contributed by atoms with Crippen LogP contribution in [0.1, 0.15) is 22.3 Å². The third kappa shape index (κ3) is 6.81. The monoisotopic (exact) mass is 632 g/mol. The molecule has 0 saturated carbocycles. The van der Waals surface area contributed by atoms with Gasteiger partial charge in [0.05, 0.1) is 24.2 Å². The molecule has 3 amide bonds. The van der Waals surface area contributed by atoms with Crippen molar-refractivity contribution < 1.29 is 28.2 Å². The van der Waals surface area contributed by atoms with Crippen LogP contribution in [-0.4, -0.2) is 35.7 Å². The van der Waals surface area contributed by atoms with Crippen LogP contribution < -0.4 is 14.8 Å². The van der Waals surface area contributed by atoms with Crippen LogP contribution in [0.25, 0.3) is 6.08 Å². The first kappa shape index (κ1) is 28.7. The number of rotatable bonds is 8. The highest BCUT2D eigenvalue weighted by atomic mass is 79.9. The zero-order valence-corrected chi connectivity index (χ0v) is 24.3. The third-order valence-corrected chi connectivity index (χ3v) is 7.83. The summed E-state index contributed by atoms with van der Waals surface area (Å²) in [6.45, 7) is 3.62. The van der Waals surface area contributed by atoms with Crippen molar-refractivity contribution in [3.8, 4) is 11.5 Å². The lowest BCUT2D eigenvalue weighted by Crippen LogP contribution is -2.27. The Balaban J connectivity index is 1.43. The summed E-state index contributed by atoms with van der Waals surface area (Å²) in [5.74, 6) is -0.655. The van der Waals surface area contributed by atoms with Crippen molar-refractivity contribution in [3.05, 3.63) is 91.0 Å². The molecule has 1 saturated heterocycles. The fourth-order valence-electron chi connectivity index (χ4n) is 3.71. The van der Waals surface area contributed by atoms with E-state index in [0.717, 1.165) is 38.3 Å². The summed E-state index contributed by atoms with van der Waals surface area (Å²) in [4.78, 5) is 39.2.